The zero-order valence-electron chi connectivity index (χ0n) is 12.3. The van der Waals surface area contributed by atoms with Crippen molar-refractivity contribution < 1.29 is 9.59 Å². The Morgan fingerprint density at radius 1 is 0.952 bits per heavy atom. The Kier molecular flexibility index (Phi) is 3.74. The molecule has 1 fully saturated rings. The van der Waals surface area contributed by atoms with Crippen LogP contribution >= 0.6 is 0 Å². The van der Waals surface area contributed by atoms with E-state index < -0.39 is 0 Å². The number of carbonyl (C=O) groups is 2. The molecular weight excluding hydrogens is 262 g/mol. The molecule has 108 valence electrons. The number of likely N-dealkylation sites (tertiary alicyclic amines) is 1. The quantitative estimate of drug-likeness (QED) is 0.807. The fourth-order valence-corrected chi connectivity index (χ4v) is 3.03. The molecular formula is C18H19NO2. The van der Waals surface area contributed by atoms with Crippen LogP contribution in [0.5, 0.6) is 0 Å². The number of hydrogen-bond acceptors (Lipinski definition) is 2. The molecule has 0 atom stereocenters. The number of carbonyl (C=O) groups excluding carboxylic acids is 2. The highest BCUT2D eigenvalue weighted by Gasteiger charge is 2.27. The number of imide groups is 1. The molecule has 1 saturated heterocycles. The third-order valence-electron chi connectivity index (χ3n) is 4.22. The second-order valence-corrected chi connectivity index (χ2v) is 5.63. The van der Waals surface area contributed by atoms with Gasteiger partial charge in [-0.15, -0.1) is 0 Å². The van der Waals surface area contributed by atoms with Gasteiger partial charge < -0.3 is 0 Å². The van der Waals surface area contributed by atoms with Gasteiger partial charge in [-0.3, -0.25) is 14.5 Å². The van der Waals surface area contributed by atoms with Gasteiger partial charge in [-0.05, 0) is 41.7 Å². The van der Waals surface area contributed by atoms with Crippen molar-refractivity contribution in [2.24, 2.45) is 0 Å². The lowest BCUT2D eigenvalue weighted by Crippen LogP contribution is -2.30. The van der Waals surface area contributed by atoms with Crippen molar-refractivity contribution in [2.75, 3.05) is 6.54 Å². The van der Waals surface area contributed by atoms with E-state index in [1.807, 2.05) is 0 Å². The maximum atomic E-state index is 11.6. The second-order valence-electron chi connectivity index (χ2n) is 5.63. The number of nitrogens with zero attached hydrogens (tertiary/aromatic N) is 1. The highest BCUT2D eigenvalue weighted by atomic mass is 16.2. The molecule has 1 aliphatic rings. The first-order valence-electron chi connectivity index (χ1n) is 7.47. The van der Waals surface area contributed by atoms with Crippen LogP contribution in [0.15, 0.2) is 36.4 Å². The molecule has 3 heteroatoms. The maximum Gasteiger partial charge on any atom is 0.229 e. The first-order valence-corrected chi connectivity index (χ1v) is 7.47. The molecule has 0 N–H and O–H groups in total. The Hall–Kier alpha value is -2.16. The molecule has 3 rings (SSSR count). The minimum atomic E-state index is -0.0197. The summed E-state index contributed by atoms with van der Waals surface area (Å²) in [6.07, 6.45) is 2.47. The van der Waals surface area contributed by atoms with Crippen molar-refractivity contribution in [2.45, 2.75) is 32.6 Å². The number of aryl methyl sites for hydroxylation is 2. The zero-order valence-corrected chi connectivity index (χ0v) is 12.3. The molecule has 0 spiro atoms. The van der Waals surface area contributed by atoms with Crippen molar-refractivity contribution in [1.29, 1.82) is 0 Å². The second kappa shape index (κ2) is 5.68. The van der Waals surface area contributed by atoms with Crippen molar-refractivity contribution in [3.63, 3.8) is 0 Å². The van der Waals surface area contributed by atoms with Crippen LogP contribution in [0.1, 0.15) is 30.4 Å². The lowest BCUT2D eigenvalue weighted by Gasteiger charge is -2.14. The summed E-state index contributed by atoms with van der Waals surface area (Å²) in [5.74, 6) is -0.0393. The molecule has 1 aliphatic heterocycles. The molecule has 2 amide bonds. The number of fused-ring (bicyclic) bond motifs is 1. The van der Waals surface area contributed by atoms with E-state index in [0.29, 0.717) is 19.4 Å². The zero-order chi connectivity index (χ0) is 14.8. The van der Waals surface area contributed by atoms with Crippen LogP contribution in [0.25, 0.3) is 10.8 Å². The number of benzene rings is 2. The minimum absolute atomic E-state index is 0.0197. The van der Waals surface area contributed by atoms with Crippen LogP contribution < -0.4 is 0 Å². The first kappa shape index (κ1) is 13.8. The standard InChI is InChI=1S/C18H19NO2/c1-13-8-9-14(16-7-3-2-6-15(13)16)5-4-12-19-17(20)10-11-18(19)21/h2-3,6-9H,4-5,10-12H2,1H3. The lowest BCUT2D eigenvalue weighted by molar-refractivity contribution is -0.138. The van der Waals surface area contributed by atoms with Crippen LogP contribution in [0.3, 0.4) is 0 Å². The van der Waals surface area contributed by atoms with Gasteiger partial charge in [-0.25, -0.2) is 0 Å². The Balaban J connectivity index is 1.73. The SMILES string of the molecule is Cc1ccc(CCCN2C(=O)CCC2=O)c2ccccc12. The predicted octanol–water partition coefficient (Wildman–Crippen LogP) is 3.23. The highest BCUT2D eigenvalue weighted by molar-refractivity contribution is 6.01. The third kappa shape index (κ3) is 2.68. The lowest BCUT2D eigenvalue weighted by atomic mass is 9.97. The fourth-order valence-electron chi connectivity index (χ4n) is 3.03. The Morgan fingerprint density at radius 3 is 2.33 bits per heavy atom. The Labute approximate surface area is 124 Å². The molecule has 0 bridgehead atoms. The van der Waals surface area contributed by atoms with E-state index in [0.717, 1.165) is 12.8 Å². The number of amides is 2. The Bertz CT molecular complexity index is 689. The summed E-state index contributed by atoms with van der Waals surface area (Å²) in [7, 11) is 0. The van der Waals surface area contributed by atoms with Crippen molar-refractivity contribution in [3.05, 3.63) is 47.5 Å². The summed E-state index contributed by atoms with van der Waals surface area (Å²) in [6.45, 7) is 2.66. The molecule has 2 aromatic rings. The van der Waals surface area contributed by atoms with E-state index in [4.69, 9.17) is 0 Å². The molecule has 21 heavy (non-hydrogen) atoms. The fraction of sp³-hybridized carbons (Fsp3) is 0.333. The van der Waals surface area contributed by atoms with Crippen LogP contribution in [0.4, 0.5) is 0 Å². The average Bonchev–Trinajstić information content (AvgIpc) is 2.81. The van der Waals surface area contributed by atoms with Gasteiger partial charge in [0.2, 0.25) is 11.8 Å². The van der Waals surface area contributed by atoms with Crippen LogP contribution in [0, 0.1) is 6.92 Å². The highest BCUT2D eigenvalue weighted by Crippen LogP contribution is 2.23. The summed E-state index contributed by atoms with van der Waals surface area (Å²) >= 11 is 0. The molecule has 0 aromatic heterocycles. The molecule has 0 saturated carbocycles. The Morgan fingerprint density at radius 2 is 1.62 bits per heavy atom. The molecule has 1 heterocycles. The minimum Gasteiger partial charge on any atom is -0.283 e. The topological polar surface area (TPSA) is 37.4 Å². The van der Waals surface area contributed by atoms with Crippen molar-refractivity contribution >= 4 is 22.6 Å². The van der Waals surface area contributed by atoms with Gasteiger partial charge in [-0.2, -0.15) is 0 Å². The monoisotopic (exact) mass is 281 g/mol. The number of hydrogen-bond donors (Lipinski definition) is 0. The summed E-state index contributed by atoms with van der Waals surface area (Å²) < 4.78 is 0. The summed E-state index contributed by atoms with van der Waals surface area (Å²) in [5.41, 5.74) is 2.56. The summed E-state index contributed by atoms with van der Waals surface area (Å²) in [6, 6.07) is 12.7. The van der Waals surface area contributed by atoms with E-state index in [9.17, 15) is 9.59 Å². The molecule has 3 nitrogen and oxygen atoms in total. The van der Waals surface area contributed by atoms with Gasteiger partial charge in [0.15, 0.2) is 0 Å². The smallest absolute Gasteiger partial charge is 0.229 e. The van der Waals surface area contributed by atoms with Crippen LogP contribution in [-0.2, 0) is 16.0 Å². The van der Waals surface area contributed by atoms with Gasteiger partial charge >= 0.3 is 0 Å². The summed E-state index contributed by atoms with van der Waals surface area (Å²) in [5, 5.41) is 2.56. The van der Waals surface area contributed by atoms with E-state index in [1.54, 1.807) is 0 Å². The number of rotatable bonds is 4. The molecule has 2 aromatic carbocycles. The van der Waals surface area contributed by atoms with Gasteiger partial charge in [0, 0.05) is 19.4 Å². The van der Waals surface area contributed by atoms with Crippen LogP contribution in [0.2, 0.25) is 0 Å². The maximum absolute atomic E-state index is 11.6. The predicted molar refractivity (Wildman–Crippen MR) is 83.0 cm³/mol. The van der Waals surface area contributed by atoms with E-state index in [2.05, 4.69) is 43.3 Å². The third-order valence-corrected chi connectivity index (χ3v) is 4.22. The average molecular weight is 281 g/mol. The van der Waals surface area contributed by atoms with Crippen molar-refractivity contribution in [3.8, 4) is 0 Å². The van der Waals surface area contributed by atoms with Gasteiger partial charge in [0.25, 0.3) is 0 Å². The largest absolute Gasteiger partial charge is 0.283 e. The van der Waals surface area contributed by atoms with E-state index >= 15 is 0 Å². The van der Waals surface area contributed by atoms with Gasteiger partial charge in [-0.1, -0.05) is 36.4 Å². The molecule has 0 radical (unpaired) electrons. The normalized spacial score (nSPS) is 15.2. The molecule has 0 aliphatic carbocycles. The van der Waals surface area contributed by atoms with Crippen molar-refractivity contribution in [1.82, 2.24) is 4.90 Å². The van der Waals surface area contributed by atoms with E-state index in [-0.39, 0.29) is 11.8 Å². The summed E-state index contributed by atoms with van der Waals surface area (Å²) in [4.78, 5) is 24.6. The first-order chi connectivity index (χ1) is 10.2. The van der Waals surface area contributed by atoms with Gasteiger partial charge in [0.1, 0.15) is 0 Å². The van der Waals surface area contributed by atoms with Crippen LogP contribution in [-0.4, -0.2) is 23.3 Å². The van der Waals surface area contributed by atoms with E-state index in [1.165, 1.54) is 26.8 Å². The van der Waals surface area contributed by atoms with Gasteiger partial charge in [0.05, 0.1) is 0 Å². The molecule has 0 unspecified atom stereocenters.